The second kappa shape index (κ2) is 5.47. The zero-order valence-electron chi connectivity index (χ0n) is 9.77. The third kappa shape index (κ3) is 3.18. The molecular formula is C11H21NO3. The molecule has 1 aliphatic rings. The number of morpholine rings is 1. The molecule has 0 aromatic heterocycles. The van der Waals surface area contributed by atoms with Gasteiger partial charge in [-0.05, 0) is 13.3 Å². The summed E-state index contributed by atoms with van der Waals surface area (Å²) in [6.07, 6.45) is 0.652. The van der Waals surface area contributed by atoms with Crippen molar-refractivity contribution in [1.29, 1.82) is 0 Å². The van der Waals surface area contributed by atoms with Gasteiger partial charge in [-0.15, -0.1) is 0 Å². The zero-order valence-corrected chi connectivity index (χ0v) is 9.77. The van der Waals surface area contributed by atoms with Crippen LogP contribution in [0.25, 0.3) is 0 Å². The molecule has 88 valence electrons. The lowest BCUT2D eigenvalue weighted by Crippen LogP contribution is -2.51. The van der Waals surface area contributed by atoms with Crippen LogP contribution in [0.1, 0.15) is 27.2 Å². The van der Waals surface area contributed by atoms with Crippen molar-refractivity contribution in [2.24, 2.45) is 5.92 Å². The Balaban J connectivity index is 2.57. The first kappa shape index (κ1) is 12.5. The maximum atomic E-state index is 11.9. The van der Waals surface area contributed by atoms with Crippen molar-refractivity contribution in [2.75, 3.05) is 19.7 Å². The molecule has 0 saturated carbocycles. The lowest BCUT2D eigenvalue weighted by molar-refractivity contribution is -0.150. The monoisotopic (exact) mass is 215 g/mol. The average molecular weight is 215 g/mol. The first-order valence-corrected chi connectivity index (χ1v) is 5.63. The predicted octanol–water partition coefficient (Wildman–Crippen LogP) is 0.641. The number of ether oxygens (including phenoxy) is 1. The van der Waals surface area contributed by atoms with Crippen LogP contribution in [0.4, 0.5) is 0 Å². The molecule has 1 rings (SSSR count). The van der Waals surface area contributed by atoms with Crippen LogP contribution in [-0.2, 0) is 9.53 Å². The van der Waals surface area contributed by atoms with Crippen LogP contribution in [0.5, 0.6) is 0 Å². The Hall–Kier alpha value is -0.610. The van der Waals surface area contributed by atoms with Gasteiger partial charge in [-0.2, -0.15) is 0 Å². The van der Waals surface area contributed by atoms with Crippen LogP contribution in [0.2, 0.25) is 0 Å². The Kier molecular flexibility index (Phi) is 4.54. The third-order valence-electron chi connectivity index (χ3n) is 2.88. The molecule has 1 N–H and O–H groups in total. The Morgan fingerprint density at radius 3 is 2.80 bits per heavy atom. The fraction of sp³-hybridized carbons (Fsp3) is 0.909. The molecule has 3 unspecified atom stereocenters. The van der Waals surface area contributed by atoms with Gasteiger partial charge in [0, 0.05) is 19.0 Å². The van der Waals surface area contributed by atoms with E-state index >= 15 is 0 Å². The maximum absolute atomic E-state index is 11.9. The molecule has 0 aromatic rings. The molecule has 4 heteroatoms. The Labute approximate surface area is 91.2 Å². The fourth-order valence-corrected chi connectivity index (χ4v) is 1.81. The summed E-state index contributed by atoms with van der Waals surface area (Å²) >= 11 is 0. The largest absolute Gasteiger partial charge is 0.394 e. The molecule has 1 aliphatic heterocycles. The van der Waals surface area contributed by atoms with Crippen molar-refractivity contribution in [3.8, 4) is 0 Å². The number of nitrogens with zero attached hydrogens (tertiary/aromatic N) is 1. The fourth-order valence-electron chi connectivity index (χ4n) is 1.81. The van der Waals surface area contributed by atoms with E-state index in [9.17, 15) is 4.79 Å². The standard InChI is InChI=1S/C11H21NO3/c1-4-8(2)11(14)12-5-9(3)15-10(6-12)7-13/h8-10,13H,4-7H2,1-3H3. The minimum absolute atomic E-state index is 0.0175. The minimum Gasteiger partial charge on any atom is -0.394 e. The van der Waals surface area contributed by atoms with E-state index in [0.717, 1.165) is 6.42 Å². The molecule has 4 nitrogen and oxygen atoms in total. The van der Waals surface area contributed by atoms with Crippen molar-refractivity contribution in [1.82, 2.24) is 4.90 Å². The summed E-state index contributed by atoms with van der Waals surface area (Å²) in [6.45, 7) is 7.02. The normalized spacial score (nSPS) is 28.9. The van der Waals surface area contributed by atoms with Gasteiger partial charge in [0.05, 0.1) is 18.8 Å². The van der Waals surface area contributed by atoms with E-state index in [2.05, 4.69) is 0 Å². The van der Waals surface area contributed by atoms with Crippen molar-refractivity contribution >= 4 is 5.91 Å². The van der Waals surface area contributed by atoms with Crippen molar-refractivity contribution in [3.63, 3.8) is 0 Å². The lowest BCUT2D eigenvalue weighted by atomic mass is 10.1. The molecule has 0 bridgehead atoms. The van der Waals surface area contributed by atoms with Crippen LogP contribution >= 0.6 is 0 Å². The van der Waals surface area contributed by atoms with Gasteiger partial charge in [0.15, 0.2) is 0 Å². The van der Waals surface area contributed by atoms with Gasteiger partial charge < -0.3 is 14.7 Å². The number of hydrogen-bond acceptors (Lipinski definition) is 3. The highest BCUT2D eigenvalue weighted by Crippen LogP contribution is 2.15. The quantitative estimate of drug-likeness (QED) is 0.751. The van der Waals surface area contributed by atoms with Gasteiger partial charge in [0.1, 0.15) is 0 Å². The third-order valence-corrected chi connectivity index (χ3v) is 2.88. The number of rotatable bonds is 3. The first-order valence-electron chi connectivity index (χ1n) is 5.63. The van der Waals surface area contributed by atoms with Crippen LogP contribution < -0.4 is 0 Å². The van der Waals surface area contributed by atoms with E-state index in [4.69, 9.17) is 9.84 Å². The first-order chi connectivity index (χ1) is 7.08. The van der Waals surface area contributed by atoms with E-state index in [0.29, 0.717) is 13.1 Å². The SMILES string of the molecule is CCC(C)C(=O)N1CC(C)OC(CO)C1. The van der Waals surface area contributed by atoms with E-state index in [1.165, 1.54) is 0 Å². The molecule has 0 spiro atoms. The molecule has 3 atom stereocenters. The van der Waals surface area contributed by atoms with E-state index in [-0.39, 0.29) is 30.6 Å². The van der Waals surface area contributed by atoms with Gasteiger partial charge in [-0.1, -0.05) is 13.8 Å². The molecular weight excluding hydrogens is 194 g/mol. The number of hydrogen-bond donors (Lipinski definition) is 1. The Bertz CT molecular complexity index is 220. The highest BCUT2D eigenvalue weighted by Gasteiger charge is 2.29. The molecule has 1 saturated heterocycles. The molecule has 1 heterocycles. The number of amides is 1. The summed E-state index contributed by atoms with van der Waals surface area (Å²) in [6, 6.07) is 0. The van der Waals surface area contributed by atoms with Crippen LogP contribution in [0.15, 0.2) is 0 Å². The predicted molar refractivity (Wildman–Crippen MR) is 57.5 cm³/mol. The Morgan fingerprint density at radius 1 is 1.60 bits per heavy atom. The van der Waals surface area contributed by atoms with Gasteiger partial charge in [-0.3, -0.25) is 4.79 Å². The topological polar surface area (TPSA) is 49.8 Å². The number of aliphatic hydroxyl groups is 1. The number of carbonyl (C=O) groups is 1. The Morgan fingerprint density at radius 2 is 2.27 bits per heavy atom. The van der Waals surface area contributed by atoms with Crippen molar-refractivity contribution < 1.29 is 14.6 Å². The summed E-state index contributed by atoms with van der Waals surface area (Å²) in [5.41, 5.74) is 0. The van der Waals surface area contributed by atoms with Crippen molar-refractivity contribution in [3.05, 3.63) is 0 Å². The summed E-state index contributed by atoms with van der Waals surface area (Å²) in [4.78, 5) is 13.7. The van der Waals surface area contributed by atoms with Crippen LogP contribution in [0.3, 0.4) is 0 Å². The highest BCUT2D eigenvalue weighted by atomic mass is 16.5. The van der Waals surface area contributed by atoms with E-state index in [1.807, 2.05) is 25.7 Å². The molecule has 0 aromatic carbocycles. The van der Waals surface area contributed by atoms with Gasteiger partial charge in [0.25, 0.3) is 0 Å². The molecule has 15 heavy (non-hydrogen) atoms. The maximum Gasteiger partial charge on any atom is 0.225 e. The average Bonchev–Trinajstić information content (AvgIpc) is 2.26. The van der Waals surface area contributed by atoms with Crippen LogP contribution in [0, 0.1) is 5.92 Å². The second-order valence-electron chi connectivity index (χ2n) is 4.30. The van der Waals surface area contributed by atoms with Gasteiger partial charge >= 0.3 is 0 Å². The summed E-state index contributed by atoms with van der Waals surface area (Å²) in [5, 5.41) is 9.04. The minimum atomic E-state index is -0.221. The lowest BCUT2D eigenvalue weighted by Gasteiger charge is -2.37. The van der Waals surface area contributed by atoms with Gasteiger partial charge in [-0.25, -0.2) is 0 Å². The molecule has 0 radical (unpaired) electrons. The van der Waals surface area contributed by atoms with Crippen LogP contribution in [-0.4, -0.2) is 47.8 Å². The smallest absolute Gasteiger partial charge is 0.225 e. The van der Waals surface area contributed by atoms with E-state index in [1.54, 1.807) is 0 Å². The molecule has 1 fully saturated rings. The molecule has 1 amide bonds. The number of aliphatic hydroxyl groups excluding tert-OH is 1. The zero-order chi connectivity index (χ0) is 11.4. The number of carbonyl (C=O) groups excluding carboxylic acids is 1. The highest BCUT2D eigenvalue weighted by molar-refractivity contribution is 5.78. The summed E-state index contributed by atoms with van der Waals surface area (Å²) in [7, 11) is 0. The van der Waals surface area contributed by atoms with E-state index < -0.39 is 0 Å². The van der Waals surface area contributed by atoms with Gasteiger partial charge in [0.2, 0.25) is 5.91 Å². The second-order valence-corrected chi connectivity index (χ2v) is 4.30. The summed E-state index contributed by atoms with van der Waals surface area (Å²) < 4.78 is 5.49. The van der Waals surface area contributed by atoms with Crippen molar-refractivity contribution in [2.45, 2.75) is 39.4 Å². The molecule has 0 aliphatic carbocycles. The summed E-state index contributed by atoms with van der Waals surface area (Å²) in [5.74, 6) is 0.237.